The number of carbonyl (C=O) groups excluding carboxylic acids is 1. The Balaban J connectivity index is 1.82. The fourth-order valence-electron chi connectivity index (χ4n) is 2.92. The molecule has 0 atom stereocenters. The Hall–Kier alpha value is -2.40. The number of para-hydroxylation sites is 1. The zero-order valence-corrected chi connectivity index (χ0v) is 13.3. The maximum absolute atomic E-state index is 12.2. The molecule has 0 radical (unpaired) electrons. The molecule has 1 aromatic carbocycles. The lowest BCUT2D eigenvalue weighted by atomic mass is 10.0. The van der Waals surface area contributed by atoms with Crippen LogP contribution in [0.4, 0.5) is 11.5 Å². The van der Waals surface area contributed by atoms with Gasteiger partial charge in [0.25, 0.3) is 5.91 Å². The molecule has 5 heteroatoms. The molecule has 120 valence electrons. The van der Waals surface area contributed by atoms with Gasteiger partial charge in [0.2, 0.25) is 0 Å². The highest BCUT2D eigenvalue weighted by molar-refractivity contribution is 5.94. The summed E-state index contributed by atoms with van der Waals surface area (Å²) in [6.45, 7) is 1.21. The summed E-state index contributed by atoms with van der Waals surface area (Å²) in [5.41, 5.74) is 3.07. The lowest BCUT2D eigenvalue weighted by Gasteiger charge is -2.30. The highest BCUT2D eigenvalue weighted by Crippen LogP contribution is 2.32. The van der Waals surface area contributed by atoms with Crippen molar-refractivity contribution in [1.29, 1.82) is 0 Å². The minimum absolute atomic E-state index is 0.0433. The van der Waals surface area contributed by atoms with Crippen molar-refractivity contribution in [2.75, 3.05) is 31.6 Å². The van der Waals surface area contributed by atoms with Gasteiger partial charge < -0.3 is 14.9 Å². The lowest BCUT2D eigenvalue weighted by Crippen LogP contribution is -2.30. The highest BCUT2D eigenvalue weighted by Gasteiger charge is 2.19. The van der Waals surface area contributed by atoms with Crippen LogP contribution >= 0.6 is 0 Å². The van der Waals surface area contributed by atoms with Gasteiger partial charge in [-0.3, -0.25) is 4.79 Å². The van der Waals surface area contributed by atoms with Crippen molar-refractivity contribution in [3.8, 4) is 0 Å². The van der Waals surface area contributed by atoms with Gasteiger partial charge in [-0.15, -0.1) is 0 Å². The molecule has 0 saturated carbocycles. The van der Waals surface area contributed by atoms with E-state index in [1.165, 1.54) is 16.2 Å². The molecule has 1 amide bonds. The molecule has 0 saturated heterocycles. The second kappa shape index (κ2) is 6.79. The Labute approximate surface area is 136 Å². The summed E-state index contributed by atoms with van der Waals surface area (Å²) in [5, 5.41) is 8.92. The van der Waals surface area contributed by atoms with E-state index in [0.717, 1.165) is 25.2 Å². The molecule has 0 aliphatic carbocycles. The van der Waals surface area contributed by atoms with Gasteiger partial charge in [0.05, 0.1) is 12.2 Å². The predicted octanol–water partition coefficient (Wildman–Crippen LogP) is 2.23. The summed E-state index contributed by atoms with van der Waals surface area (Å²) in [7, 11) is 1.67. The van der Waals surface area contributed by atoms with Crippen LogP contribution in [0, 0.1) is 0 Å². The average Bonchev–Trinajstić information content (AvgIpc) is 2.61. The van der Waals surface area contributed by atoms with Gasteiger partial charge in [0.15, 0.2) is 0 Å². The number of aliphatic hydroxyl groups is 1. The Morgan fingerprint density at radius 3 is 2.87 bits per heavy atom. The fraction of sp³-hybridized carbons (Fsp3) is 0.333. The summed E-state index contributed by atoms with van der Waals surface area (Å²) in [6, 6.07) is 12.1. The molecule has 5 nitrogen and oxygen atoms in total. The number of nitrogens with zero attached hydrogens (tertiary/aromatic N) is 3. The van der Waals surface area contributed by atoms with E-state index in [-0.39, 0.29) is 12.5 Å². The molecule has 1 aliphatic rings. The van der Waals surface area contributed by atoms with E-state index < -0.39 is 0 Å². The molecule has 0 spiro atoms. The number of aryl methyl sites for hydroxylation is 1. The van der Waals surface area contributed by atoms with Crippen molar-refractivity contribution >= 4 is 17.4 Å². The van der Waals surface area contributed by atoms with Gasteiger partial charge >= 0.3 is 0 Å². The quantitative estimate of drug-likeness (QED) is 0.941. The van der Waals surface area contributed by atoms with Crippen LogP contribution in [0.3, 0.4) is 0 Å². The lowest BCUT2D eigenvalue weighted by molar-refractivity contribution is 0.0766. The topological polar surface area (TPSA) is 56.7 Å². The number of benzene rings is 1. The van der Waals surface area contributed by atoms with E-state index in [0.29, 0.717) is 12.1 Å². The summed E-state index contributed by atoms with van der Waals surface area (Å²) in [4.78, 5) is 20.4. The molecule has 2 heterocycles. The number of rotatable bonds is 4. The zero-order valence-electron chi connectivity index (χ0n) is 13.3. The third-order valence-electron chi connectivity index (χ3n) is 4.16. The number of hydrogen-bond donors (Lipinski definition) is 1. The number of hydrogen-bond acceptors (Lipinski definition) is 4. The monoisotopic (exact) mass is 311 g/mol. The van der Waals surface area contributed by atoms with Crippen LogP contribution in [0.25, 0.3) is 0 Å². The highest BCUT2D eigenvalue weighted by atomic mass is 16.3. The number of anilines is 2. The van der Waals surface area contributed by atoms with Crippen molar-refractivity contribution < 1.29 is 9.90 Å². The largest absolute Gasteiger partial charge is 0.395 e. The van der Waals surface area contributed by atoms with Crippen molar-refractivity contribution in [3.05, 3.63) is 53.7 Å². The summed E-state index contributed by atoms with van der Waals surface area (Å²) in [5.74, 6) is 0.732. The first-order valence-corrected chi connectivity index (χ1v) is 7.88. The maximum Gasteiger partial charge on any atom is 0.255 e. The molecular formula is C18H21N3O2. The molecule has 1 aromatic heterocycles. The average molecular weight is 311 g/mol. The van der Waals surface area contributed by atoms with E-state index in [9.17, 15) is 4.79 Å². The van der Waals surface area contributed by atoms with Crippen molar-refractivity contribution in [2.24, 2.45) is 0 Å². The number of aliphatic hydroxyl groups excluding tert-OH is 1. The van der Waals surface area contributed by atoms with Crippen molar-refractivity contribution in [3.63, 3.8) is 0 Å². The van der Waals surface area contributed by atoms with Crippen LogP contribution in [0.15, 0.2) is 42.6 Å². The van der Waals surface area contributed by atoms with E-state index in [1.807, 2.05) is 12.1 Å². The molecular weight excluding hydrogens is 290 g/mol. The zero-order chi connectivity index (χ0) is 16.2. The molecule has 1 N–H and O–H groups in total. The van der Waals surface area contributed by atoms with Crippen LogP contribution in [0.1, 0.15) is 22.3 Å². The summed E-state index contributed by atoms with van der Waals surface area (Å²) >= 11 is 0. The van der Waals surface area contributed by atoms with E-state index >= 15 is 0 Å². The predicted molar refractivity (Wildman–Crippen MR) is 90.1 cm³/mol. The van der Waals surface area contributed by atoms with Crippen LogP contribution in [0.5, 0.6) is 0 Å². The van der Waals surface area contributed by atoms with Crippen LogP contribution in [0.2, 0.25) is 0 Å². The number of amides is 1. The number of likely N-dealkylation sites (N-methyl/N-ethyl adjacent to an activating group) is 1. The summed E-state index contributed by atoms with van der Waals surface area (Å²) < 4.78 is 0. The molecule has 0 bridgehead atoms. The smallest absolute Gasteiger partial charge is 0.255 e. The van der Waals surface area contributed by atoms with Gasteiger partial charge in [-0.2, -0.15) is 0 Å². The van der Waals surface area contributed by atoms with Gasteiger partial charge in [-0.25, -0.2) is 4.98 Å². The van der Waals surface area contributed by atoms with Crippen LogP contribution in [-0.4, -0.2) is 47.6 Å². The second-order valence-electron chi connectivity index (χ2n) is 5.74. The Bertz CT molecular complexity index is 685. The van der Waals surface area contributed by atoms with Crippen molar-refractivity contribution in [2.45, 2.75) is 12.8 Å². The second-order valence-corrected chi connectivity index (χ2v) is 5.74. The van der Waals surface area contributed by atoms with E-state index in [2.05, 4.69) is 28.1 Å². The van der Waals surface area contributed by atoms with Crippen molar-refractivity contribution in [1.82, 2.24) is 9.88 Å². The Morgan fingerprint density at radius 1 is 1.30 bits per heavy atom. The van der Waals surface area contributed by atoms with Gasteiger partial charge in [0, 0.05) is 32.0 Å². The first-order chi connectivity index (χ1) is 11.2. The van der Waals surface area contributed by atoms with Crippen LogP contribution in [-0.2, 0) is 6.42 Å². The molecule has 0 fully saturated rings. The summed E-state index contributed by atoms with van der Waals surface area (Å²) in [6.07, 6.45) is 3.80. The van der Waals surface area contributed by atoms with E-state index in [4.69, 9.17) is 5.11 Å². The number of fused-ring (bicyclic) bond motifs is 1. The Kier molecular flexibility index (Phi) is 4.57. The fourth-order valence-corrected chi connectivity index (χ4v) is 2.92. The molecule has 3 rings (SSSR count). The van der Waals surface area contributed by atoms with Gasteiger partial charge in [0.1, 0.15) is 5.82 Å². The van der Waals surface area contributed by atoms with Gasteiger partial charge in [-0.05, 0) is 36.6 Å². The third kappa shape index (κ3) is 3.19. The third-order valence-corrected chi connectivity index (χ3v) is 4.16. The molecule has 23 heavy (non-hydrogen) atoms. The minimum Gasteiger partial charge on any atom is -0.395 e. The molecule has 0 unspecified atom stereocenters. The van der Waals surface area contributed by atoms with E-state index in [1.54, 1.807) is 19.3 Å². The number of aromatic nitrogens is 1. The van der Waals surface area contributed by atoms with Gasteiger partial charge in [-0.1, -0.05) is 18.2 Å². The first kappa shape index (κ1) is 15.5. The maximum atomic E-state index is 12.2. The minimum atomic E-state index is -0.128. The molecule has 2 aromatic rings. The van der Waals surface area contributed by atoms with Crippen LogP contribution < -0.4 is 4.90 Å². The SMILES string of the molecule is CN(CCO)C(=O)c1ccc(N2CCCc3ccccc32)nc1. The first-order valence-electron chi connectivity index (χ1n) is 7.88. The standard InChI is InChI=1S/C18H21N3O2/c1-20(11-12-22)18(23)15-8-9-17(19-13-15)21-10-4-6-14-5-2-3-7-16(14)21/h2-3,5,7-9,13,22H,4,6,10-12H2,1H3. The normalized spacial score (nSPS) is 13.6. The molecule has 1 aliphatic heterocycles. The number of carbonyl (C=O) groups is 1. The Morgan fingerprint density at radius 2 is 2.13 bits per heavy atom. The number of pyridine rings is 1.